The molecule has 2 aromatic rings. The quantitative estimate of drug-likeness (QED) is 0.688. The zero-order valence-electron chi connectivity index (χ0n) is 11.1. The molecule has 5 heteroatoms. The first-order chi connectivity index (χ1) is 9.15. The van der Waals surface area contributed by atoms with Crippen molar-refractivity contribution < 1.29 is 0 Å². The molecular formula is C14H16N4S. The largest absolute Gasteiger partial charge is 0.250 e. The predicted molar refractivity (Wildman–Crippen MR) is 78.3 cm³/mol. The van der Waals surface area contributed by atoms with Crippen LogP contribution in [0.3, 0.4) is 0 Å². The van der Waals surface area contributed by atoms with Crippen molar-refractivity contribution in [2.45, 2.75) is 32.6 Å². The summed E-state index contributed by atoms with van der Waals surface area (Å²) in [7, 11) is 0. The van der Waals surface area contributed by atoms with E-state index in [1.807, 2.05) is 6.21 Å². The Balaban J connectivity index is 1.94. The van der Waals surface area contributed by atoms with Crippen LogP contribution in [0.25, 0.3) is 0 Å². The van der Waals surface area contributed by atoms with E-state index < -0.39 is 0 Å². The van der Waals surface area contributed by atoms with Crippen molar-refractivity contribution in [2.24, 2.45) is 5.10 Å². The zero-order chi connectivity index (χ0) is 13.4. The summed E-state index contributed by atoms with van der Waals surface area (Å²) in [5, 5.41) is 11.6. The third-order valence-corrected chi connectivity index (χ3v) is 3.62. The fourth-order valence-electron chi connectivity index (χ4n) is 2.11. The highest BCUT2D eigenvalue weighted by atomic mass is 32.1. The lowest BCUT2D eigenvalue weighted by molar-refractivity contribution is 0.772. The molecule has 98 valence electrons. The Morgan fingerprint density at radius 3 is 2.89 bits per heavy atom. The van der Waals surface area contributed by atoms with Gasteiger partial charge in [0.1, 0.15) is 0 Å². The summed E-state index contributed by atoms with van der Waals surface area (Å²) in [5.41, 5.74) is 3.58. The molecule has 0 aliphatic heterocycles. The van der Waals surface area contributed by atoms with Gasteiger partial charge in [0, 0.05) is 5.92 Å². The minimum absolute atomic E-state index is 0.518. The first kappa shape index (κ1) is 12.3. The SMILES string of the molecule is Cc1ccc(/C=N\n2c(C3CC3)n[nH]c2=S)c(C)c1. The van der Waals surface area contributed by atoms with Gasteiger partial charge in [-0.25, -0.2) is 0 Å². The van der Waals surface area contributed by atoms with Crippen LogP contribution in [0.2, 0.25) is 0 Å². The molecule has 1 aromatic carbocycles. The van der Waals surface area contributed by atoms with Gasteiger partial charge < -0.3 is 0 Å². The van der Waals surface area contributed by atoms with E-state index >= 15 is 0 Å². The van der Waals surface area contributed by atoms with E-state index in [2.05, 4.69) is 47.3 Å². The van der Waals surface area contributed by atoms with E-state index in [1.54, 1.807) is 4.68 Å². The maximum absolute atomic E-state index is 5.22. The molecule has 1 heterocycles. The van der Waals surface area contributed by atoms with Crippen molar-refractivity contribution in [2.75, 3.05) is 0 Å². The van der Waals surface area contributed by atoms with Crippen molar-refractivity contribution in [3.05, 3.63) is 45.5 Å². The summed E-state index contributed by atoms with van der Waals surface area (Å²) in [4.78, 5) is 0. The highest BCUT2D eigenvalue weighted by Gasteiger charge is 2.29. The molecular weight excluding hydrogens is 256 g/mol. The van der Waals surface area contributed by atoms with Crippen LogP contribution in [0.5, 0.6) is 0 Å². The maximum atomic E-state index is 5.22. The molecule has 1 saturated carbocycles. The number of nitrogens with zero attached hydrogens (tertiary/aromatic N) is 3. The fourth-order valence-corrected chi connectivity index (χ4v) is 2.30. The van der Waals surface area contributed by atoms with E-state index in [0.29, 0.717) is 10.7 Å². The highest BCUT2D eigenvalue weighted by molar-refractivity contribution is 7.71. The van der Waals surface area contributed by atoms with Gasteiger partial charge >= 0.3 is 0 Å². The summed E-state index contributed by atoms with van der Waals surface area (Å²) in [5.74, 6) is 1.47. The van der Waals surface area contributed by atoms with Crippen molar-refractivity contribution >= 4 is 18.4 Å². The van der Waals surface area contributed by atoms with E-state index in [-0.39, 0.29) is 0 Å². The monoisotopic (exact) mass is 272 g/mol. The Morgan fingerprint density at radius 2 is 2.21 bits per heavy atom. The topological polar surface area (TPSA) is 46.0 Å². The molecule has 1 aliphatic rings. The van der Waals surface area contributed by atoms with E-state index in [4.69, 9.17) is 12.2 Å². The summed E-state index contributed by atoms with van der Waals surface area (Å²) >= 11 is 5.22. The van der Waals surface area contributed by atoms with E-state index in [9.17, 15) is 0 Å². The van der Waals surface area contributed by atoms with Crippen LogP contribution < -0.4 is 0 Å². The molecule has 1 aliphatic carbocycles. The Kier molecular flexibility index (Phi) is 3.06. The van der Waals surface area contributed by atoms with Crippen LogP contribution in [0, 0.1) is 18.6 Å². The van der Waals surface area contributed by atoms with Crippen molar-refractivity contribution in [1.29, 1.82) is 0 Å². The second kappa shape index (κ2) is 4.74. The van der Waals surface area contributed by atoms with Gasteiger partial charge in [-0.2, -0.15) is 14.9 Å². The molecule has 0 unspecified atom stereocenters. The molecule has 1 fully saturated rings. The first-order valence-electron chi connectivity index (χ1n) is 6.44. The Bertz CT molecular complexity index is 692. The number of aromatic amines is 1. The molecule has 0 amide bonds. The number of H-pyrrole nitrogens is 1. The highest BCUT2D eigenvalue weighted by Crippen LogP contribution is 2.38. The number of benzene rings is 1. The maximum Gasteiger partial charge on any atom is 0.216 e. The zero-order valence-corrected chi connectivity index (χ0v) is 11.9. The molecule has 1 aromatic heterocycles. The minimum Gasteiger partial charge on any atom is -0.250 e. The molecule has 0 atom stereocenters. The smallest absolute Gasteiger partial charge is 0.216 e. The Labute approximate surface area is 117 Å². The molecule has 19 heavy (non-hydrogen) atoms. The van der Waals surface area contributed by atoms with Crippen LogP contribution in [0.4, 0.5) is 0 Å². The standard InChI is InChI=1S/C14H16N4S/c1-9-3-4-12(10(2)7-9)8-15-18-13(11-5-6-11)16-17-14(18)19/h3-4,7-8,11H,5-6H2,1-2H3,(H,17,19)/b15-8-. The van der Waals surface area contributed by atoms with Crippen LogP contribution >= 0.6 is 12.2 Å². The third-order valence-electron chi connectivity index (χ3n) is 3.36. The lowest BCUT2D eigenvalue weighted by Crippen LogP contribution is -1.98. The number of rotatable bonds is 3. The summed E-state index contributed by atoms with van der Waals surface area (Å²) in [6, 6.07) is 6.32. The number of aryl methyl sites for hydroxylation is 2. The molecule has 0 spiro atoms. The average Bonchev–Trinajstić information content (AvgIpc) is 3.14. The van der Waals surface area contributed by atoms with Gasteiger partial charge in [-0.3, -0.25) is 5.10 Å². The summed E-state index contributed by atoms with van der Waals surface area (Å²) < 4.78 is 2.30. The van der Waals surface area contributed by atoms with Gasteiger partial charge in [0.2, 0.25) is 4.77 Å². The van der Waals surface area contributed by atoms with Crippen molar-refractivity contribution in [3.8, 4) is 0 Å². The molecule has 0 radical (unpaired) electrons. The molecule has 3 rings (SSSR count). The lowest BCUT2D eigenvalue weighted by atomic mass is 10.1. The normalized spacial score (nSPS) is 15.3. The Hall–Kier alpha value is -1.75. The minimum atomic E-state index is 0.518. The van der Waals surface area contributed by atoms with Gasteiger partial charge in [-0.15, -0.1) is 0 Å². The van der Waals surface area contributed by atoms with E-state index in [0.717, 1.165) is 11.4 Å². The summed E-state index contributed by atoms with van der Waals surface area (Å²) in [6.07, 6.45) is 4.21. The number of aromatic nitrogens is 3. The second-order valence-corrected chi connectivity index (χ2v) is 5.46. The van der Waals surface area contributed by atoms with Gasteiger partial charge in [-0.1, -0.05) is 23.8 Å². The number of nitrogens with one attached hydrogen (secondary N) is 1. The van der Waals surface area contributed by atoms with Gasteiger partial charge in [0.05, 0.1) is 6.21 Å². The first-order valence-corrected chi connectivity index (χ1v) is 6.85. The predicted octanol–water partition coefficient (Wildman–Crippen LogP) is 3.32. The van der Waals surface area contributed by atoms with Crippen LogP contribution in [0.15, 0.2) is 23.3 Å². The fraction of sp³-hybridized carbons (Fsp3) is 0.357. The third kappa shape index (κ3) is 2.51. The second-order valence-electron chi connectivity index (χ2n) is 5.08. The summed E-state index contributed by atoms with van der Waals surface area (Å²) in [6.45, 7) is 4.18. The van der Waals surface area contributed by atoms with Crippen LogP contribution in [-0.2, 0) is 0 Å². The van der Waals surface area contributed by atoms with Crippen molar-refractivity contribution in [1.82, 2.24) is 14.9 Å². The Morgan fingerprint density at radius 1 is 1.42 bits per heavy atom. The average molecular weight is 272 g/mol. The molecule has 4 nitrogen and oxygen atoms in total. The lowest BCUT2D eigenvalue weighted by Gasteiger charge is -2.02. The number of hydrogen-bond acceptors (Lipinski definition) is 3. The van der Waals surface area contributed by atoms with E-state index in [1.165, 1.54) is 24.0 Å². The molecule has 0 bridgehead atoms. The molecule has 0 saturated heterocycles. The van der Waals surface area contributed by atoms with Crippen molar-refractivity contribution in [3.63, 3.8) is 0 Å². The van der Waals surface area contributed by atoms with Gasteiger partial charge in [-0.05, 0) is 50.0 Å². The van der Waals surface area contributed by atoms with Gasteiger partial charge in [0.15, 0.2) is 5.82 Å². The number of hydrogen-bond donors (Lipinski definition) is 1. The molecule has 1 N–H and O–H groups in total. The van der Waals surface area contributed by atoms with Gasteiger partial charge in [0.25, 0.3) is 0 Å². The van der Waals surface area contributed by atoms with Crippen LogP contribution in [0.1, 0.15) is 41.3 Å². The van der Waals surface area contributed by atoms with Crippen LogP contribution in [-0.4, -0.2) is 21.1 Å².